The molecule has 0 saturated carbocycles. The number of thiazole rings is 1. The molecule has 1 fully saturated rings. The van der Waals surface area contributed by atoms with Crippen molar-refractivity contribution in [1.82, 2.24) is 19.9 Å². The van der Waals surface area contributed by atoms with E-state index in [1.165, 1.54) is 23.1 Å². The number of carbonyl (C=O) groups is 1. The maximum atomic E-state index is 13.0. The number of rotatable bonds is 7. The predicted molar refractivity (Wildman–Crippen MR) is 137 cm³/mol. The highest BCUT2D eigenvalue weighted by molar-refractivity contribution is 8.00. The van der Waals surface area contributed by atoms with Crippen LogP contribution in [0.3, 0.4) is 0 Å². The molecule has 5 rings (SSSR count). The average Bonchev–Trinajstić information content (AvgIpc) is 3.34. The lowest BCUT2D eigenvalue weighted by Gasteiger charge is -2.26. The van der Waals surface area contributed by atoms with Crippen LogP contribution in [0.2, 0.25) is 0 Å². The van der Waals surface area contributed by atoms with Gasteiger partial charge in [0.25, 0.3) is 0 Å². The fraction of sp³-hybridized carbons (Fsp3) is 0.280. The summed E-state index contributed by atoms with van der Waals surface area (Å²) in [5.41, 5.74) is 2.78. The maximum absolute atomic E-state index is 13.0. The third kappa shape index (κ3) is 5.44. The Morgan fingerprint density at radius 1 is 1.09 bits per heavy atom. The number of thioether (sulfide) groups is 1. The van der Waals surface area contributed by atoms with E-state index in [4.69, 9.17) is 14.7 Å². The van der Waals surface area contributed by atoms with Crippen LogP contribution in [-0.2, 0) is 16.1 Å². The first-order valence-electron chi connectivity index (χ1n) is 11.2. The lowest BCUT2D eigenvalue weighted by molar-refractivity contribution is -0.115. The number of morpholine rings is 1. The SMILES string of the molecule is C[C@@H](Sc1nc(CN2CCOCC2)nc2ccccc12)C(=O)Nc1nc(-c2ccccc2)cs1. The van der Waals surface area contributed by atoms with Crippen LogP contribution in [-0.4, -0.2) is 57.3 Å². The summed E-state index contributed by atoms with van der Waals surface area (Å²) >= 11 is 2.88. The third-order valence-corrected chi connectivity index (χ3v) is 7.40. The molecular formula is C25H25N5O2S2. The molecule has 9 heteroatoms. The number of benzene rings is 2. The van der Waals surface area contributed by atoms with Crippen LogP contribution in [0.4, 0.5) is 5.13 Å². The van der Waals surface area contributed by atoms with Gasteiger partial charge < -0.3 is 10.1 Å². The molecule has 3 heterocycles. The van der Waals surface area contributed by atoms with E-state index in [0.29, 0.717) is 11.7 Å². The Kier molecular flexibility index (Phi) is 7.15. The first-order valence-corrected chi connectivity index (χ1v) is 13.0. The van der Waals surface area contributed by atoms with Gasteiger partial charge >= 0.3 is 0 Å². The van der Waals surface area contributed by atoms with Gasteiger partial charge in [-0.3, -0.25) is 9.69 Å². The van der Waals surface area contributed by atoms with Gasteiger partial charge in [0, 0.05) is 29.4 Å². The van der Waals surface area contributed by atoms with Crippen molar-refractivity contribution in [2.45, 2.75) is 23.7 Å². The molecular weight excluding hydrogens is 466 g/mol. The van der Waals surface area contributed by atoms with Crippen LogP contribution in [0.25, 0.3) is 22.2 Å². The molecule has 0 bridgehead atoms. The fourth-order valence-corrected chi connectivity index (χ4v) is 5.40. The number of para-hydroxylation sites is 1. The van der Waals surface area contributed by atoms with Crippen LogP contribution in [0, 0.1) is 0 Å². The van der Waals surface area contributed by atoms with E-state index in [1.54, 1.807) is 0 Å². The summed E-state index contributed by atoms with van der Waals surface area (Å²) in [5, 5.41) is 6.94. The molecule has 174 valence electrons. The van der Waals surface area contributed by atoms with Gasteiger partial charge in [-0.25, -0.2) is 15.0 Å². The summed E-state index contributed by atoms with van der Waals surface area (Å²) in [6.45, 7) is 5.77. The van der Waals surface area contributed by atoms with Crippen molar-refractivity contribution in [2.24, 2.45) is 0 Å². The number of nitrogens with zero attached hydrogens (tertiary/aromatic N) is 4. The molecule has 34 heavy (non-hydrogen) atoms. The predicted octanol–water partition coefficient (Wildman–Crippen LogP) is 4.70. The van der Waals surface area contributed by atoms with E-state index >= 15 is 0 Å². The van der Waals surface area contributed by atoms with Crippen molar-refractivity contribution in [3.8, 4) is 11.3 Å². The molecule has 4 aromatic rings. The molecule has 2 aromatic carbocycles. The zero-order chi connectivity index (χ0) is 23.3. The molecule has 1 aliphatic rings. The van der Waals surface area contributed by atoms with Gasteiger partial charge in [0.15, 0.2) is 5.13 Å². The molecule has 0 aliphatic carbocycles. The smallest absolute Gasteiger partial charge is 0.239 e. The van der Waals surface area contributed by atoms with Crippen molar-refractivity contribution >= 4 is 45.0 Å². The first kappa shape index (κ1) is 22.9. The summed E-state index contributed by atoms with van der Waals surface area (Å²) in [7, 11) is 0. The first-order chi connectivity index (χ1) is 16.7. The minimum Gasteiger partial charge on any atom is -0.379 e. The maximum Gasteiger partial charge on any atom is 0.239 e. The van der Waals surface area contributed by atoms with Crippen molar-refractivity contribution in [3.63, 3.8) is 0 Å². The molecule has 0 radical (unpaired) electrons. The van der Waals surface area contributed by atoms with Gasteiger partial charge in [-0.2, -0.15) is 0 Å². The Balaban J connectivity index is 1.30. The molecule has 0 unspecified atom stereocenters. The highest BCUT2D eigenvalue weighted by atomic mass is 32.2. The fourth-order valence-electron chi connectivity index (χ4n) is 3.71. The molecule has 7 nitrogen and oxygen atoms in total. The van der Waals surface area contributed by atoms with E-state index < -0.39 is 0 Å². The Morgan fingerprint density at radius 2 is 1.85 bits per heavy atom. The second-order valence-corrected chi connectivity index (χ2v) is 10.2. The van der Waals surface area contributed by atoms with E-state index in [-0.39, 0.29) is 11.2 Å². The molecule has 2 aromatic heterocycles. The third-order valence-electron chi connectivity index (χ3n) is 5.54. The summed E-state index contributed by atoms with van der Waals surface area (Å²) in [4.78, 5) is 29.5. The van der Waals surface area contributed by atoms with Crippen LogP contribution in [0.1, 0.15) is 12.7 Å². The van der Waals surface area contributed by atoms with Crippen LogP contribution >= 0.6 is 23.1 Å². The summed E-state index contributed by atoms with van der Waals surface area (Å²) in [5.74, 6) is 0.666. The monoisotopic (exact) mass is 491 g/mol. The van der Waals surface area contributed by atoms with Gasteiger partial charge in [-0.05, 0) is 13.0 Å². The van der Waals surface area contributed by atoms with E-state index in [0.717, 1.165) is 59.3 Å². The van der Waals surface area contributed by atoms with E-state index in [9.17, 15) is 4.79 Å². The quantitative estimate of drug-likeness (QED) is 0.296. The van der Waals surface area contributed by atoms with E-state index in [2.05, 4.69) is 15.2 Å². The van der Waals surface area contributed by atoms with Gasteiger partial charge in [0.2, 0.25) is 5.91 Å². The number of hydrogen-bond acceptors (Lipinski definition) is 8. The van der Waals surface area contributed by atoms with Crippen LogP contribution in [0.15, 0.2) is 65.0 Å². The molecule has 1 amide bonds. The number of hydrogen-bond donors (Lipinski definition) is 1. The normalized spacial score (nSPS) is 15.3. The topological polar surface area (TPSA) is 80.2 Å². The van der Waals surface area contributed by atoms with Crippen molar-refractivity contribution in [1.29, 1.82) is 0 Å². The average molecular weight is 492 g/mol. The van der Waals surface area contributed by atoms with Crippen molar-refractivity contribution < 1.29 is 9.53 Å². The number of carbonyl (C=O) groups excluding carboxylic acids is 1. The van der Waals surface area contributed by atoms with E-state index in [1.807, 2.05) is 66.9 Å². The molecule has 0 spiro atoms. The standard InChI is InChI=1S/C25H25N5O2S2/c1-17(23(31)29-25-27-21(16-33-25)18-7-3-2-4-8-18)34-24-19-9-5-6-10-20(19)26-22(28-24)15-30-11-13-32-14-12-30/h2-10,16-17H,11-15H2,1H3,(H,27,29,31)/t17-/m1/s1. The number of anilines is 1. The second kappa shape index (κ2) is 10.6. The highest BCUT2D eigenvalue weighted by Gasteiger charge is 2.20. The van der Waals surface area contributed by atoms with Crippen molar-refractivity contribution in [2.75, 3.05) is 31.6 Å². The van der Waals surface area contributed by atoms with Gasteiger partial charge in [-0.1, -0.05) is 60.3 Å². The van der Waals surface area contributed by atoms with Crippen LogP contribution < -0.4 is 5.32 Å². The number of aromatic nitrogens is 3. The minimum absolute atomic E-state index is 0.101. The number of ether oxygens (including phenoxy) is 1. The summed E-state index contributed by atoms with van der Waals surface area (Å²) in [6.07, 6.45) is 0. The Bertz CT molecular complexity index is 1270. The largest absolute Gasteiger partial charge is 0.379 e. The Morgan fingerprint density at radius 3 is 2.68 bits per heavy atom. The van der Waals surface area contributed by atoms with Crippen LogP contribution in [0.5, 0.6) is 0 Å². The zero-order valence-electron chi connectivity index (χ0n) is 18.8. The summed E-state index contributed by atoms with van der Waals surface area (Å²) < 4.78 is 5.45. The number of nitrogens with one attached hydrogen (secondary N) is 1. The van der Waals surface area contributed by atoms with Gasteiger partial charge in [0.1, 0.15) is 10.9 Å². The lowest BCUT2D eigenvalue weighted by atomic mass is 10.2. The minimum atomic E-state index is -0.349. The molecule has 1 atom stereocenters. The second-order valence-electron chi connectivity index (χ2n) is 8.00. The molecule has 1 aliphatic heterocycles. The number of fused-ring (bicyclic) bond motifs is 1. The number of amides is 1. The zero-order valence-corrected chi connectivity index (χ0v) is 20.4. The Hall–Kier alpha value is -2.85. The van der Waals surface area contributed by atoms with Gasteiger partial charge in [0.05, 0.1) is 36.2 Å². The molecule has 1 N–H and O–H groups in total. The van der Waals surface area contributed by atoms with Crippen molar-refractivity contribution in [3.05, 3.63) is 65.8 Å². The lowest BCUT2D eigenvalue weighted by Crippen LogP contribution is -2.36. The molecule has 1 saturated heterocycles. The summed E-state index contributed by atoms with van der Waals surface area (Å²) in [6, 6.07) is 17.9. The van der Waals surface area contributed by atoms with Gasteiger partial charge in [-0.15, -0.1) is 11.3 Å². The Labute approximate surface area is 206 Å². The highest BCUT2D eigenvalue weighted by Crippen LogP contribution is 2.30.